The molecule has 2 saturated carbocycles. The maximum atomic E-state index is 10.3. The first kappa shape index (κ1) is 12.0. The molecule has 0 bridgehead atoms. The SMILES string of the molecule is OC(CC1CCCC1)c1cccc(OC2CC2)c1. The third-order valence-electron chi connectivity index (χ3n) is 4.10. The van der Waals surface area contributed by atoms with Crippen molar-refractivity contribution >= 4 is 0 Å². The van der Waals surface area contributed by atoms with Crippen molar-refractivity contribution in [1.82, 2.24) is 0 Å². The molecule has 0 radical (unpaired) electrons. The summed E-state index contributed by atoms with van der Waals surface area (Å²) in [5.74, 6) is 1.63. The van der Waals surface area contributed by atoms with E-state index in [0.29, 0.717) is 12.0 Å². The zero-order valence-electron chi connectivity index (χ0n) is 10.8. The van der Waals surface area contributed by atoms with Gasteiger partial charge in [-0.15, -0.1) is 0 Å². The highest BCUT2D eigenvalue weighted by molar-refractivity contribution is 5.30. The molecule has 2 aliphatic rings. The van der Waals surface area contributed by atoms with Gasteiger partial charge in [-0.05, 0) is 42.9 Å². The Morgan fingerprint density at radius 2 is 1.94 bits per heavy atom. The first-order chi connectivity index (χ1) is 8.81. The lowest BCUT2D eigenvalue weighted by Gasteiger charge is -2.16. The summed E-state index contributed by atoms with van der Waals surface area (Å²) in [5, 5.41) is 10.3. The van der Waals surface area contributed by atoms with Crippen LogP contribution in [0, 0.1) is 5.92 Å². The van der Waals surface area contributed by atoms with Gasteiger partial charge in [-0.1, -0.05) is 37.8 Å². The Morgan fingerprint density at radius 3 is 2.67 bits per heavy atom. The van der Waals surface area contributed by atoms with Gasteiger partial charge in [0.25, 0.3) is 0 Å². The predicted octanol–water partition coefficient (Wildman–Crippen LogP) is 3.84. The number of aliphatic hydroxyl groups is 1. The van der Waals surface area contributed by atoms with Crippen molar-refractivity contribution in [3.05, 3.63) is 29.8 Å². The van der Waals surface area contributed by atoms with Gasteiger partial charge in [0.15, 0.2) is 0 Å². The van der Waals surface area contributed by atoms with Gasteiger partial charge in [-0.25, -0.2) is 0 Å². The maximum Gasteiger partial charge on any atom is 0.120 e. The molecule has 1 aromatic carbocycles. The normalized spacial score (nSPS) is 22.1. The molecule has 98 valence electrons. The zero-order chi connectivity index (χ0) is 12.4. The van der Waals surface area contributed by atoms with Gasteiger partial charge < -0.3 is 9.84 Å². The van der Waals surface area contributed by atoms with Crippen LogP contribution < -0.4 is 4.74 Å². The molecular formula is C16H22O2. The van der Waals surface area contributed by atoms with Crippen LogP contribution in [0.4, 0.5) is 0 Å². The zero-order valence-corrected chi connectivity index (χ0v) is 10.8. The van der Waals surface area contributed by atoms with Crippen molar-refractivity contribution in [2.24, 2.45) is 5.92 Å². The lowest BCUT2D eigenvalue weighted by Crippen LogP contribution is -2.05. The average molecular weight is 246 g/mol. The smallest absolute Gasteiger partial charge is 0.120 e. The molecule has 0 aliphatic heterocycles. The minimum absolute atomic E-state index is 0.323. The lowest BCUT2D eigenvalue weighted by atomic mass is 9.96. The van der Waals surface area contributed by atoms with Crippen molar-refractivity contribution in [3.63, 3.8) is 0 Å². The standard InChI is InChI=1S/C16H22O2/c17-16(10-12-4-1-2-5-12)13-6-3-7-15(11-13)18-14-8-9-14/h3,6-7,11-12,14,16-17H,1-2,4-5,8-10H2. The average Bonchev–Trinajstić information content (AvgIpc) is 3.04. The molecule has 0 spiro atoms. The summed E-state index contributed by atoms with van der Waals surface area (Å²) in [7, 11) is 0. The highest BCUT2D eigenvalue weighted by atomic mass is 16.5. The Morgan fingerprint density at radius 1 is 1.17 bits per heavy atom. The summed E-state index contributed by atoms with van der Waals surface area (Å²) >= 11 is 0. The highest BCUT2D eigenvalue weighted by Gasteiger charge is 2.24. The number of ether oxygens (including phenoxy) is 1. The minimum Gasteiger partial charge on any atom is -0.490 e. The number of hydrogen-bond acceptors (Lipinski definition) is 2. The largest absolute Gasteiger partial charge is 0.490 e. The fourth-order valence-corrected chi connectivity index (χ4v) is 2.87. The van der Waals surface area contributed by atoms with Gasteiger partial charge in [0, 0.05) is 0 Å². The van der Waals surface area contributed by atoms with E-state index in [0.717, 1.165) is 17.7 Å². The molecule has 0 heterocycles. The molecule has 1 atom stereocenters. The summed E-state index contributed by atoms with van der Waals surface area (Å²) in [5.41, 5.74) is 1.01. The van der Waals surface area contributed by atoms with E-state index in [2.05, 4.69) is 0 Å². The molecule has 0 saturated heterocycles. The van der Waals surface area contributed by atoms with E-state index in [-0.39, 0.29) is 6.10 Å². The van der Waals surface area contributed by atoms with Gasteiger partial charge in [-0.2, -0.15) is 0 Å². The summed E-state index contributed by atoms with van der Waals surface area (Å²) in [6, 6.07) is 8.01. The number of benzene rings is 1. The summed E-state index contributed by atoms with van der Waals surface area (Å²) in [6.07, 6.45) is 8.61. The molecule has 1 unspecified atom stereocenters. The van der Waals surface area contributed by atoms with Crippen LogP contribution in [-0.2, 0) is 0 Å². The Labute approximate surface area is 109 Å². The van der Waals surface area contributed by atoms with Gasteiger partial charge in [0.1, 0.15) is 5.75 Å². The molecule has 0 aromatic heterocycles. The second-order valence-electron chi connectivity index (χ2n) is 5.79. The molecule has 2 aliphatic carbocycles. The van der Waals surface area contributed by atoms with Crippen LogP contribution in [0.2, 0.25) is 0 Å². The van der Waals surface area contributed by atoms with E-state index in [1.54, 1.807) is 0 Å². The Hall–Kier alpha value is -1.02. The molecule has 1 aromatic rings. The molecule has 2 nitrogen and oxygen atoms in total. The predicted molar refractivity (Wildman–Crippen MR) is 71.6 cm³/mol. The Bertz CT molecular complexity index is 392. The number of rotatable bonds is 5. The summed E-state index contributed by atoms with van der Waals surface area (Å²) < 4.78 is 5.77. The van der Waals surface area contributed by atoms with Crippen LogP contribution in [0.5, 0.6) is 5.75 Å². The third kappa shape index (κ3) is 3.05. The quantitative estimate of drug-likeness (QED) is 0.855. The first-order valence-electron chi connectivity index (χ1n) is 7.26. The summed E-state index contributed by atoms with van der Waals surface area (Å²) in [6.45, 7) is 0. The molecular weight excluding hydrogens is 224 g/mol. The van der Waals surface area contributed by atoms with E-state index >= 15 is 0 Å². The van der Waals surface area contributed by atoms with Crippen LogP contribution in [-0.4, -0.2) is 11.2 Å². The minimum atomic E-state index is -0.323. The van der Waals surface area contributed by atoms with E-state index in [1.165, 1.54) is 38.5 Å². The number of hydrogen-bond donors (Lipinski definition) is 1. The van der Waals surface area contributed by atoms with Crippen LogP contribution in [0.15, 0.2) is 24.3 Å². The maximum absolute atomic E-state index is 10.3. The van der Waals surface area contributed by atoms with Crippen molar-refractivity contribution in [1.29, 1.82) is 0 Å². The van der Waals surface area contributed by atoms with Crippen LogP contribution in [0.1, 0.15) is 56.6 Å². The van der Waals surface area contributed by atoms with Crippen molar-refractivity contribution in [2.45, 2.75) is 57.2 Å². The second-order valence-corrected chi connectivity index (χ2v) is 5.79. The molecule has 2 heteroatoms. The van der Waals surface area contributed by atoms with Crippen molar-refractivity contribution in [3.8, 4) is 5.75 Å². The van der Waals surface area contributed by atoms with E-state index < -0.39 is 0 Å². The van der Waals surface area contributed by atoms with Crippen molar-refractivity contribution < 1.29 is 9.84 Å². The van der Waals surface area contributed by atoms with Gasteiger partial charge >= 0.3 is 0 Å². The fraction of sp³-hybridized carbons (Fsp3) is 0.625. The van der Waals surface area contributed by atoms with Gasteiger partial charge in [0.2, 0.25) is 0 Å². The fourth-order valence-electron chi connectivity index (χ4n) is 2.87. The highest BCUT2D eigenvalue weighted by Crippen LogP contribution is 2.34. The third-order valence-corrected chi connectivity index (χ3v) is 4.10. The van der Waals surface area contributed by atoms with Crippen LogP contribution >= 0.6 is 0 Å². The van der Waals surface area contributed by atoms with Gasteiger partial charge in [0.05, 0.1) is 12.2 Å². The van der Waals surface area contributed by atoms with E-state index in [9.17, 15) is 5.11 Å². The molecule has 1 N–H and O–H groups in total. The molecule has 3 rings (SSSR count). The monoisotopic (exact) mass is 246 g/mol. The summed E-state index contributed by atoms with van der Waals surface area (Å²) in [4.78, 5) is 0. The topological polar surface area (TPSA) is 29.5 Å². The second kappa shape index (κ2) is 5.31. The van der Waals surface area contributed by atoms with Crippen LogP contribution in [0.25, 0.3) is 0 Å². The van der Waals surface area contributed by atoms with Crippen molar-refractivity contribution in [2.75, 3.05) is 0 Å². The van der Waals surface area contributed by atoms with E-state index in [1.807, 2.05) is 24.3 Å². The Kier molecular flexibility index (Phi) is 3.55. The molecule has 18 heavy (non-hydrogen) atoms. The number of aliphatic hydroxyl groups excluding tert-OH is 1. The Balaban J connectivity index is 1.62. The van der Waals surface area contributed by atoms with Crippen LogP contribution in [0.3, 0.4) is 0 Å². The first-order valence-corrected chi connectivity index (χ1v) is 7.26. The molecule has 0 amide bonds. The lowest BCUT2D eigenvalue weighted by molar-refractivity contribution is 0.144. The van der Waals surface area contributed by atoms with E-state index in [4.69, 9.17) is 4.74 Å². The van der Waals surface area contributed by atoms with Gasteiger partial charge in [-0.3, -0.25) is 0 Å². The molecule has 2 fully saturated rings.